The van der Waals surface area contributed by atoms with E-state index < -0.39 is 15.3 Å². The van der Waals surface area contributed by atoms with Gasteiger partial charge in [-0.1, -0.05) is 23.4 Å². The third kappa shape index (κ3) is 4.45. The Morgan fingerprint density at radius 1 is 1.41 bits per heavy atom. The highest BCUT2D eigenvalue weighted by Crippen LogP contribution is 2.38. The van der Waals surface area contributed by atoms with Crippen LogP contribution < -0.4 is 5.32 Å². The fourth-order valence-corrected chi connectivity index (χ4v) is 4.64. The highest BCUT2D eigenvalue weighted by atomic mass is 35.5. The molecule has 1 heterocycles. The van der Waals surface area contributed by atoms with Gasteiger partial charge in [0.15, 0.2) is 5.16 Å². The minimum atomic E-state index is -3.71. The average molecular weight is 430 g/mol. The van der Waals surface area contributed by atoms with E-state index in [-0.39, 0.29) is 15.8 Å². The van der Waals surface area contributed by atoms with Gasteiger partial charge < -0.3 is 9.88 Å². The van der Waals surface area contributed by atoms with Crippen molar-refractivity contribution in [2.75, 3.05) is 19.4 Å². The van der Waals surface area contributed by atoms with Crippen LogP contribution in [0.15, 0.2) is 34.6 Å². The Kier molecular flexibility index (Phi) is 5.80. The number of carbonyl (C=O) groups is 1. The molecule has 0 aliphatic heterocycles. The van der Waals surface area contributed by atoms with Crippen LogP contribution in [0.5, 0.6) is 0 Å². The molecule has 1 fully saturated rings. The van der Waals surface area contributed by atoms with E-state index in [1.165, 1.54) is 38.0 Å². The van der Waals surface area contributed by atoms with Crippen LogP contribution in [-0.4, -0.2) is 52.7 Å². The highest BCUT2D eigenvalue weighted by molar-refractivity contribution is 8.00. The van der Waals surface area contributed by atoms with Gasteiger partial charge in [0.1, 0.15) is 11.2 Å². The predicted octanol–water partition coefficient (Wildman–Crippen LogP) is 2.64. The molecule has 0 bridgehead atoms. The zero-order valence-corrected chi connectivity index (χ0v) is 17.5. The largest absolute Gasteiger partial charge is 0.325 e. The quantitative estimate of drug-likeness (QED) is 0.679. The summed E-state index contributed by atoms with van der Waals surface area (Å²) >= 11 is 7.35. The summed E-state index contributed by atoms with van der Waals surface area (Å²) in [6.45, 7) is 1.76. The third-order valence-electron chi connectivity index (χ3n) is 4.09. The molecule has 0 spiro atoms. The van der Waals surface area contributed by atoms with Crippen LogP contribution >= 0.6 is 23.4 Å². The van der Waals surface area contributed by atoms with Crippen LogP contribution in [0.1, 0.15) is 25.8 Å². The van der Waals surface area contributed by atoms with Gasteiger partial charge in [-0.05, 0) is 38.0 Å². The molecule has 1 aliphatic carbocycles. The van der Waals surface area contributed by atoms with Crippen LogP contribution in [0.25, 0.3) is 0 Å². The smallest absolute Gasteiger partial charge is 0.244 e. The van der Waals surface area contributed by atoms with Gasteiger partial charge in [0.05, 0.1) is 10.3 Å². The van der Waals surface area contributed by atoms with Crippen molar-refractivity contribution in [2.45, 2.75) is 41.1 Å². The van der Waals surface area contributed by atoms with Gasteiger partial charge in [-0.3, -0.25) is 4.79 Å². The predicted molar refractivity (Wildman–Crippen MR) is 105 cm³/mol. The van der Waals surface area contributed by atoms with Gasteiger partial charge >= 0.3 is 0 Å². The first kappa shape index (κ1) is 20.1. The maximum atomic E-state index is 12.5. The van der Waals surface area contributed by atoms with Gasteiger partial charge in [0.2, 0.25) is 15.9 Å². The number of thioether (sulfide) groups is 1. The molecule has 1 aromatic heterocycles. The standard InChI is InChI=1S/C16H20ClN5O3S2/c1-10(26-16-20-18-9-22(16)12-5-6-12)15(23)19-11-4-7-13(17)14(8-11)27(24,25)21(2)3/h4,7-10,12H,5-6H2,1-3H3,(H,19,23). The van der Waals surface area contributed by atoms with E-state index in [1.54, 1.807) is 19.3 Å². The van der Waals surface area contributed by atoms with Crippen LogP contribution in [0.2, 0.25) is 5.02 Å². The number of anilines is 1. The Morgan fingerprint density at radius 2 is 2.11 bits per heavy atom. The van der Waals surface area contributed by atoms with E-state index in [0.717, 1.165) is 17.1 Å². The van der Waals surface area contributed by atoms with E-state index >= 15 is 0 Å². The Bertz CT molecular complexity index is 957. The first-order chi connectivity index (χ1) is 12.7. The number of nitrogens with zero attached hydrogens (tertiary/aromatic N) is 4. The summed E-state index contributed by atoms with van der Waals surface area (Å²) in [5.41, 5.74) is 0.362. The molecule has 1 aromatic carbocycles. The number of aromatic nitrogens is 3. The van der Waals surface area contributed by atoms with Crippen molar-refractivity contribution in [3.63, 3.8) is 0 Å². The maximum absolute atomic E-state index is 12.5. The second-order valence-electron chi connectivity index (χ2n) is 6.43. The molecule has 1 amide bonds. The number of amides is 1. The Balaban J connectivity index is 1.73. The van der Waals surface area contributed by atoms with Crippen LogP contribution in [0, 0.1) is 0 Å². The van der Waals surface area contributed by atoms with Gasteiger partial charge in [-0.2, -0.15) is 0 Å². The number of sulfonamides is 1. The number of carbonyl (C=O) groups excluding carboxylic acids is 1. The molecule has 11 heteroatoms. The van der Waals surface area contributed by atoms with Crippen molar-refractivity contribution in [3.8, 4) is 0 Å². The van der Waals surface area contributed by atoms with E-state index in [2.05, 4.69) is 15.5 Å². The summed E-state index contributed by atoms with van der Waals surface area (Å²) in [5.74, 6) is -0.263. The van der Waals surface area contributed by atoms with E-state index in [9.17, 15) is 13.2 Å². The molecule has 0 radical (unpaired) electrons. The normalized spacial score (nSPS) is 15.7. The number of hydrogen-bond acceptors (Lipinski definition) is 6. The molecule has 146 valence electrons. The first-order valence-electron chi connectivity index (χ1n) is 8.29. The van der Waals surface area contributed by atoms with E-state index in [0.29, 0.717) is 16.9 Å². The fraction of sp³-hybridized carbons (Fsp3) is 0.438. The number of benzene rings is 1. The lowest BCUT2D eigenvalue weighted by atomic mass is 10.3. The van der Waals surface area contributed by atoms with E-state index in [4.69, 9.17) is 11.6 Å². The van der Waals surface area contributed by atoms with Gasteiger partial charge in [0.25, 0.3) is 0 Å². The first-order valence-corrected chi connectivity index (χ1v) is 11.0. The summed E-state index contributed by atoms with van der Waals surface area (Å²) in [5, 5.41) is 11.1. The molecule has 1 aliphatic rings. The minimum absolute atomic E-state index is 0.0549. The summed E-state index contributed by atoms with van der Waals surface area (Å²) < 4.78 is 27.8. The van der Waals surface area contributed by atoms with Crippen molar-refractivity contribution in [1.29, 1.82) is 0 Å². The monoisotopic (exact) mass is 429 g/mol. The fourth-order valence-electron chi connectivity index (χ4n) is 2.35. The molecule has 1 N–H and O–H groups in total. The van der Waals surface area contributed by atoms with Crippen molar-refractivity contribution in [1.82, 2.24) is 19.1 Å². The molecule has 1 atom stereocenters. The molecule has 0 saturated heterocycles. The van der Waals surface area contributed by atoms with Gasteiger partial charge in [-0.15, -0.1) is 10.2 Å². The molecular formula is C16H20ClN5O3S2. The van der Waals surface area contributed by atoms with E-state index in [1.807, 2.05) is 4.57 Å². The second-order valence-corrected chi connectivity index (χ2v) is 10.3. The highest BCUT2D eigenvalue weighted by Gasteiger charge is 2.28. The maximum Gasteiger partial charge on any atom is 0.244 e. The Morgan fingerprint density at radius 3 is 2.74 bits per heavy atom. The molecule has 1 unspecified atom stereocenters. The molecular weight excluding hydrogens is 410 g/mol. The van der Waals surface area contributed by atoms with Crippen LogP contribution in [0.3, 0.4) is 0 Å². The number of hydrogen-bond donors (Lipinski definition) is 1. The minimum Gasteiger partial charge on any atom is -0.325 e. The average Bonchev–Trinajstić information content (AvgIpc) is 3.35. The zero-order chi connectivity index (χ0) is 19.8. The molecule has 27 heavy (non-hydrogen) atoms. The van der Waals surface area contributed by atoms with Crippen molar-refractivity contribution < 1.29 is 13.2 Å². The van der Waals surface area contributed by atoms with Crippen molar-refractivity contribution in [3.05, 3.63) is 29.5 Å². The lowest BCUT2D eigenvalue weighted by molar-refractivity contribution is -0.115. The number of halogens is 1. The summed E-state index contributed by atoms with van der Waals surface area (Å²) in [7, 11) is -0.868. The second kappa shape index (κ2) is 7.78. The zero-order valence-electron chi connectivity index (χ0n) is 15.1. The van der Waals surface area contributed by atoms with Crippen LogP contribution in [0.4, 0.5) is 5.69 Å². The Hall–Kier alpha value is -1.62. The van der Waals surface area contributed by atoms with Gasteiger partial charge in [-0.25, -0.2) is 12.7 Å². The number of rotatable bonds is 7. The molecule has 1 saturated carbocycles. The molecule has 3 rings (SSSR count). The topological polar surface area (TPSA) is 97.2 Å². The van der Waals surface area contributed by atoms with Crippen molar-refractivity contribution in [2.24, 2.45) is 0 Å². The lowest BCUT2D eigenvalue weighted by Gasteiger charge is -2.15. The van der Waals surface area contributed by atoms with Crippen molar-refractivity contribution >= 4 is 45.0 Å². The summed E-state index contributed by atoms with van der Waals surface area (Å²) in [6.07, 6.45) is 3.88. The summed E-state index contributed by atoms with van der Waals surface area (Å²) in [4.78, 5) is 12.5. The lowest BCUT2D eigenvalue weighted by Crippen LogP contribution is -2.24. The Labute approximate surface area is 167 Å². The van der Waals surface area contributed by atoms with Gasteiger partial charge in [0, 0.05) is 25.8 Å². The third-order valence-corrected chi connectivity index (χ3v) is 7.46. The molecule has 2 aromatic rings. The SMILES string of the molecule is CC(Sc1nncn1C1CC1)C(=O)Nc1ccc(Cl)c(S(=O)(=O)N(C)C)c1. The summed E-state index contributed by atoms with van der Waals surface area (Å²) in [6, 6.07) is 4.81. The molecule has 8 nitrogen and oxygen atoms in total. The van der Waals surface area contributed by atoms with Crippen LogP contribution in [-0.2, 0) is 14.8 Å². The number of nitrogens with one attached hydrogen (secondary N) is 1.